The number of allylic oxidation sites excluding steroid dienone is 3. The number of aromatic hydroxyl groups is 2. The van der Waals surface area contributed by atoms with E-state index in [0.29, 0.717) is 5.92 Å². The van der Waals surface area contributed by atoms with E-state index < -0.39 is 11.4 Å². The van der Waals surface area contributed by atoms with Gasteiger partial charge in [-0.05, 0) is 86.3 Å². The van der Waals surface area contributed by atoms with Gasteiger partial charge in [-0.1, -0.05) is 51.5 Å². The van der Waals surface area contributed by atoms with Gasteiger partial charge in [-0.25, -0.2) is 0 Å². The molecule has 0 aromatic heterocycles. The van der Waals surface area contributed by atoms with Gasteiger partial charge in [-0.2, -0.15) is 0 Å². The van der Waals surface area contributed by atoms with Crippen molar-refractivity contribution in [3.63, 3.8) is 0 Å². The molecule has 0 saturated heterocycles. The van der Waals surface area contributed by atoms with E-state index in [9.17, 15) is 20.1 Å². The maximum absolute atomic E-state index is 12.2. The minimum atomic E-state index is -0.660. The third-order valence-electron chi connectivity index (χ3n) is 11.0. The van der Waals surface area contributed by atoms with Gasteiger partial charge in [0.2, 0.25) is 0 Å². The van der Waals surface area contributed by atoms with Gasteiger partial charge >= 0.3 is 5.97 Å². The van der Waals surface area contributed by atoms with Crippen LogP contribution in [0.4, 0.5) is 0 Å². The third kappa shape index (κ3) is 2.61. The molecule has 1 aromatic carbocycles. The van der Waals surface area contributed by atoms with Crippen LogP contribution in [0.2, 0.25) is 0 Å². The molecule has 33 heavy (non-hydrogen) atoms. The van der Waals surface area contributed by atoms with E-state index >= 15 is 0 Å². The maximum atomic E-state index is 12.2. The van der Waals surface area contributed by atoms with Crippen molar-refractivity contribution in [1.82, 2.24) is 0 Å². The molecule has 0 spiro atoms. The van der Waals surface area contributed by atoms with Crippen molar-refractivity contribution in [2.45, 2.75) is 85.5 Å². The van der Waals surface area contributed by atoms with Crippen LogP contribution in [0.5, 0.6) is 11.5 Å². The van der Waals surface area contributed by atoms with Crippen LogP contribution in [0.25, 0.3) is 6.08 Å². The van der Waals surface area contributed by atoms with Crippen molar-refractivity contribution >= 4 is 12.0 Å². The lowest BCUT2D eigenvalue weighted by Crippen LogP contribution is -2.59. The molecule has 0 heterocycles. The summed E-state index contributed by atoms with van der Waals surface area (Å²) in [5.41, 5.74) is 3.26. The first-order valence-electron chi connectivity index (χ1n) is 12.4. The van der Waals surface area contributed by atoms with Gasteiger partial charge in [-0.15, -0.1) is 0 Å². The molecule has 4 aliphatic rings. The number of aliphatic carboxylic acids is 1. The first-order valence-corrected chi connectivity index (χ1v) is 12.4. The van der Waals surface area contributed by atoms with E-state index in [0.717, 1.165) is 55.2 Å². The molecule has 1 aromatic rings. The molecular formula is C29H38O4. The normalized spacial score (nSPS) is 43.6. The van der Waals surface area contributed by atoms with E-state index in [1.165, 1.54) is 5.57 Å². The average Bonchev–Trinajstić information content (AvgIpc) is 2.75. The van der Waals surface area contributed by atoms with Crippen molar-refractivity contribution in [3.05, 3.63) is 40.5 Å². The first kappa shape index (κ1) is 22.6. The fourth-order valence-corrected chi connectivity index (χ4v) is 8.32. The molecule has 4 nitrogen and oxygen atoms in total. The summed E-state index contributed by atoms with van der Waals surface area (Å²) in [4.78, 5) is 12.2. The summed E-state index contributed by atoms with van der Waals surface area (Å²) in [5.74, 6) is -0.415. The highest BCUT2D eigenvalue weighted by molar-refractivity contribution is 5.75. The van der Waals surface area contributed by atoms with Gasteiger partial charge in [-0.3, -0.25) is 4.79 Å². The number of benzene rings is 1. The number of carboxylic acids is 1. The van der Waals surface area contributed by atoms with Crippen LogP contribution in [-0.2, 0) is 10.2 Å². The Labute approximate surface area is 197 Å². The lowest BCUT2D eigenvalue weighted by atomic mass is 9.37. The number of carbonyl (C=O) groups is 1. The highest BCUT2D eigenvalue weighted by Crippen LogP contribution is 2.72. The third-order valence-corrected chi connectivity index (χ3v) is 11.0. The second-order valence-electron chi connectivity index (χ2n) is 12.7. The lowest BCUT2D eigenvalue weighted by molar-refractivity contribution is -0.157. The summed E-state index contributed by atoms with van der Waals surface area (Å²) in [6.07, 6.45) is 12.3. The Morgan fingerprint density at radius 2 is 1.73 bits per heavy atom. The molecule has 4 heteroatoms. The Morgan fingerprint density at radius 1 is 1.03 bits per heavy atom. The zero-order valence-electron chi connectivity index (χ0n) is 20.9. The van der Waals surface area contributed by atoms with Crippen LogP contribution in [-0.4, -0.2) is 21.3 Å². The van der Waals surface area contributed by atoms with Crippen molar-refractivity contribution in [3.8, 4) is 11.5 Å². The number of hydrogen-bond acceptors (Lipinski definition) is 3. The van der Waals surface area contributed by atoms with E-state index in [1.807, 2.05) is 13.8 Å². The molecule has 2 fully saturated rings. The molecule has 0 radical (unpaired) electrons. The maximum Gasteiger partial charge on any atom is 0.309 e. The predicted molar refractivity (Wildman–Crippen MR) is 130 cm³/mol. The van der Waals surface area contributed by atoms with Crippen LogP contribution in [0, 0.1) is 34.5 Å². The second-order valence-corrected chi connectivity index (χ2v) is 12.7. The Bertz CT molecular complexity index is 1130. The largest absolute Gasteiger partial charge is 0.504 e. The number of fused-ring (bicyclic) bond motifs is 7. The van der Waals surface area contributed by atoms with Gasteiger partial charge in [0.1, 0.15) is 0 Å². The van der Waals surface area contributed by atoms with Gasteiger partial charge < -0.3 is 15.3 Å². The Morgan fingerprint density at radius 3 is 2.39 bits per heavy atom. The van der Waals surface area contributed by atoms with Crippen molar-refractivity contribution in [1.29, 1.82) is 0 Å². The van der Waals surface area contributed by atoms with E-state index in [1.54, 1.807) is 6.07 Å². The Kier molecular flexibility index (Phi) is 4.41. The van der Waals surface area contributed by atoms with Crippen LogP contribution in [0.15, 0.2) is 23.8 Å². The molecule has 3 N–H and O–H groups in total. The van der Waals surface area contributed by atoms with E-state index in [-0.39, 0.29) is 33.2 Å². The highest BCUT2D eigenvalue weighted by atomic mass is 16.4. The zero-order chi connectivity index (χ0) is 24.2. The molecular weight excluding hydrogens is 412 g/mol. The molecule has 4 aliphatic carbocycles. The lowest BCUT2D eigenvalue weighted by Gasteiger charge is -2.66. The number of rotatable bonds is 1. The fraction of sp³-hybridized carbons (Fsp3) is 0.621. The molecule has 6 atom stereocenters. The number of hydrogen-bond donors (Lipinski definition) is 3. The molecule has 2 unspecified atom stereocenters. The minimum absolute atomic E-state index is 0.0333. The van der Waals surface area contributed by atoms with Crippen molar-refractivity contribution < 1.29 is 20.1 Å². The zero-order valence-corrected chi connectivity index (χ0v) is 20.9. The molecule has 0 aliphatic heterocycles. The summed E-state index contributed by atoms with van der Waals surface area (Å²) < 4.78 is 0. The average molecular weight is 451 g/mol. The van der Waals surface area contributed by atoms with Gasteiger partial charge in [0.05, 0.1) is 5.41 Å². The quantitative estimate of drug-likeness (QED) is 0.328. The minimum Gasteiger partial charge on any atom is -0.504 e. The van der Waals surface area contributed by atoms with Crippen LogP contribution in [0.1, 0.15) is 89.8 Å². The predicted octanol–water partition coefficient (Wildman–Crippen LogP) is 6.72. The molecule has 5 rings (SSSR count). The first-order chi connectivity index (χ1) is 15.2. The van der Waals surface area contributed by atoms with Crippen LogP contribution in [0.3, 0.4) is 0 Å². The number of phenols is 2. The van der Waals surface area contributed by atoms with E-state index in [2.05, 4.69) is 45.9 Å². The van der Waals surface area contributed by atoms with Gasteiger partial charge in [0, 0.05) is 16.4 Å². The monoisotopic (exact) mass is 450 g/mol. The Hall–Kier alpha value is -2.23. The SMILES string of the molecule is Cc1c(O)c(O)cc2c1C=C[C@@]1(C)C3=CC[C@@]4(C)CC[C@@](C)(C(=O)O)CC4[C@]3(C)CCC21C. The fourth-order valence-electron chi connectivity index (χ4n) is 8.32. The second kappa shape index (κ2) is 6.46. The summed E-state index contributed by atoms with van der Waals surface area (Å²) in [6, 6.07) is 1.78. The van der Waals surface area contributed by atoms with Crippen molar-refractivity contribution in [2.75, 3.05) is 0 Å². The molecule has 178 valence electrons. The standard InChI is InChI=1S/C29H38O4/c1-17-18-7-10-29(6)21-8-9-25(2)11-12-26(3,24(32)33)16-22(25)27(21,4)13-14-28(29,5)19(18)15-20(30)23(17)31/h7-8,10,15,22,30-31H,9,11-14,16H2,1-6H3,(H,32,33)/t22?,25-,26+,27+,28?,29-/m0/s1. The summed E-state index contributed by atoms with van der Waals surface area (Å²) in [7, 11) is 0. The van der Waals surface area contributed by atoms with Crippen LogP contribution < -0.4 is 0 Å². The summed E-state index contributed by atoms with van der Waals surface area (Å²) in [6.45, 7) is 13.2. The number of carboxylic acid groups (broad SMARTS) is 1. The van der Waals surface area contributed by atoms with Gasteiger partial charge in [0.25, 0.3) is 0 Å². The number of phenolic OH excluding ortho intramolecular Hbond substituents is 2. The smallest absolute Gasteiger partial charge is 0.309 e. The van der Waals surface area contributed by atoms with E-state index in [4.69, 9.17) is 0 Å². The molecule has 0 amide bonds. The summed E-state index contributed by atoms with van der Waals surface area (Å²) in [5, 5.41) is 30.9. The van der Waals surface area contributed by atoms with Crippen LogP contribution >= 0.6 is 0 Å². The Balaban J connectivity index is 1.66. The summed E-state index contributed by atoms with van der Waals surface area (Å²) >= 11 is 0. The highest BCUT2D eigenvalue weighted by Gasteiger charge is 2.64. The molecule has 2 saturated carbocycles. The topological polar surface area (TPSA) is 77.8 Å². The van der Waals surface area contributed by atoms with Crippen molar-refractivity contribution in [2.24, 2.45) is 27.6 Å². The van der Waals surface area contributed by atoms with Gasteiger partial charge in [0.15, 0.2) is 11.5 Å². The molecule has 0 bridgehead atoms.